The van der Waals surface area contributed by atoms with Gasteiger partial charge in [0.05, 0.1) is 5.69 Å². The molecule has 0 aliphatic heterocycles. The number of anilines is 1. The average molecular weight is 246 g/mol. The predicted octanol–water partition coefficient (Wildman–Crippen LogP) is 2.98. The lowest BCUT2D eigenvalue weighted by Gasteiger charge is -2.08. The zero-order valence-electron chi connectivity index (χ0n) is 8.72. The van der Waals surface area contributed by atoms with Crippen LogP contribution in [-0.4, -0.2) is 4.98 Å². The Balaban J connectivity index is 2.35. The van der Waals surface area contributed by atoms with Crippen molar-refractivity contribution in [2.45, 2.75) is 0 Å². The summed E-state index contributed by atoms with van der Waals surface area (Å²) in [6.45, 7) is 0. The minimum Gasteiger partial charge on any atom is -0.436 e. The van der Waals surface area contributed by atoms with Crippen molar-refractivity contribution < 1.29 is 4.74 Å². The first-order valence-electron chi connectivity index (χ1n) is 4.78. The quantitative estimate of drug-likeness (QED) is 0.826. The van der Waals surface area contributed by atoms with E-state index in [0.29, 0.717) is 22.0 Å². The van der Waals surface area contributed by atoms with E-state index in [-0.39, 0.29) is 5.88 Å². The zero-order valence-corrected chi connectivity index (χ0v) is 9.48. The molecule has 1 aromatic carbocycles. The fourth-order valence-corrected chi connectivity index (χ4v) is 1.45. The number of halogens is 1. The molecule has 2 N–H and O–H groups in total. The molecule has 0 saturated heterocycles. The van der Waals surface area contributed by atoms with Crippen molar-refractivity contribution >= 4 is 17.3 Å². The van der Waals surface area contributed by atoms with Crippen LogP contribution in [-0.2, 0) is 0 Å². The molecule has 1 heterocycles. The molecule has 0 fully saturated rings. The van der Waals surface area contributed by atoms with E-state index in [1.54, 1.807) is 36.5 Å². The minimum atomic E-state index is 0.226. The molecule has 2 rings (SSSR count). The van der Waals surface area contributed by atoms with Gasteiger partial charge in [-0.25, -0.2) is 4.98 Å². The molecule has 5 heteroatoms. The van der Waals surface area contributed by atoms with Gasteiger partial charge in [-0.3, -0.25) is 0 Å². The second kappa shape index (κ2) is 4.73. The monoisotopic (exact) mass is 245 g/mol. The van der Waals surface area contributed by atoms with E-state index >= 15 is 0 Å². The van der Waals surface area contributed by atoms with Gasteiger partial charge in [-0.05, 0) is 30.3 Å². The van der Waals surface area contributed by atoms with Crippen molar-refractivity contribution in [2.75, 3.05) is 5.73 Å². The Labute approximate surface area is 103 Å². The van der Waals surface area contributed by atoms with Crippen LogP contribution in [0.25, 0.3) is 0 Å². The highest BCUT2D eigenvalue weighted by molar-refractivity contribution is 6.30. The van der Waals surface area contributed by atoms with Crippen molar-refractivity contribution in [3.05, 3.63) is 47.1 Å². The van der Waals surface area contributed by atoms with E-state index in [0.717, 1.165) is 0 Å². The van der Waals surface area contributed by atoms with E-state index in [1.165, 1.54) is 0 Å². The van der Waals surface area contributed by atoms with Crippen molar-refractivity contribution in [3.63, 3.8) is 0 Å². The Morgan fingerprint density at radius 1 is 1.35 bits per heavy atom. The summed E-state index contributed by atoms with van der Waals surface area (Å²) < 4.78 is 5.47. The molecule has 0 atom stereocenters. The van der Waals surface area contributed by atoms with E-state index in [4.69, 9.17) is 27.3 Å². The number of nitrogen functional groups attached to an aromatic ring is 1. The summed E-state index contributed by atoms with van der Waals surface area (Å²) >= 11 is 5.77. The third-order valence-corrected chi connectivity index (χ3v) is 2.31. The highest BCUT2D eigenvalue weighted by Crippen LogP contribution is 2.29. The Morgan fingerprint density at radius 3 is 2.88 bits per heavy atom. The Morgan fingerprint density at radius 2 is 2.18 bits per heavy atom. The van der Waals surface area contributed by atoms with Crippen molar-refractivity contribution in [1.29, 1.82) is 5.26 Å². The number of nitrogens with two attached hydrogens (primary N) is 1. The molecule has 17 heavy (non-hydrogen) atoms. The maximum absolute atomic E-state index is 8.89. The fraction of sp³-hybridized carbons (Fsp3) is 0. The molecule has 0 aliphatic carbocycles. The smallest absolute Gasteiger partial charge is 0.237 e. The fourth-order valence-electron chi connectivity index (χ4n) is 1.27. The van der Waals surface area contributed by atoms with E-state index in [9.17, 15) is 0 Å². The van der Waals surface area contributed by atoms with Gasteiger partial charge in [0.15, 0.2) is 5.75 Å². The molecule has 0 radical (unpaired) electrons. The second-order valence-corrected chi connectivity index (χ2v) is 3.69. The average Bonchev–Trinajstić information content (AvgIpc) is 2.33. The van der Waals surface area contributed by atoms with Gasteiger partial charge in [-0.15, -0.1) is 0 Å². The van der Waals surface area contributed by atoms with Gasteiger partial charge in [0.25, 0.3) is 0 Å². The molecule has 84 valence electrons. The number of pyridine rings is 1. The Bertz CT molecular complexity index is 593. The maximum atomic E-state index is 8.89. The first kappa shape index (κ1) is 11.2. The van der Waals surface area contributed by atoms with Crippen LogP contribution in [0.3, 0.4) is 0 Å². The lowest BCUT2D eigenvalue weighted by Crippen LogP contribution is -1.95. The first-order chi connectivity index (χ1) is 8.20. The molecule has 2 aromatic rings. The second-order valence-electron chi connectivity index (χ2n) is 3.25. The largest absolute Gasteiger partial charge is 0.436 e. The molecular formula is C12H8ClN3O. The van der Waals surface area contributed by atoms with Crippen LogP contribution < -0.4 is 10.5 Å². The summed E-state index contributed by atoms with van der Waals surface area (Å²) in [6, 6.07) is 10.1. The molecule has 0 bridgehead atoms. The van der Waals surface area contributed by atoms with E-state index in [2.05, 4.69) is 4.98 Å². The van der Waals surface area contributed by atoms with Crippen LogP contribution >= 0.6 is 11.6 Å². The number of hydrogen-bond acceptors (Lipinski definition) is 4. The van der Waals surface area contributed by atoms with Crippen LogP contribution in [0.4, 0.5) is 5.69 Å². The third kappa shape index (κ3) is 2.47. The summed E-state index contributed by atoms with van der Waals surface area (Å²) in [5.74, 6) is 0.647. The van der Waals surface area contributed by atoms with Gasteiger partial charge in [0.2, 0.25) is 5.88 Å². The topological polar surface area (TPSA) is 71.9 Å². The van der Waals surface area contributed by atoms with Crippen molar-refractivity contribution in [1.82, 2.24) is 4.98 Å². The molecule has 0 aliphatic rings. The normalized spacial score (nSPS) is 9.65. The highest BCUT2D eigenvalue weighted by Gasteiger charge is 2.07. The number of ether oxygens (including phenoxy) is 1. The van der Waals surface area contributed by atoms with Gasteiger partial charge in [0.1, 0.15) is 11.6 Å². The predicted molar refractivity (Wildman–Crippen MR) is 64.9 cm³/mol. The molecule has 0 unspecified atom stereocenters. The van der Waals surface area contributed by atoms with Gasteiger partial charge in [-0.1, -0.05) is 11.6 Å². The summed E-state index contributed by atoms with van der Waals surface area (Å²) in [5, 5.41) is 9.41. The molecule has 0 saturated carbocycles. The maximum Gasteiger partial charge on any atom is 0.237 e. The van der Waals surface area contributed by atoms with Crippen molar-refractivity contribution in [3.8, 4) is 17.7 Å². The molecule has 1 aromatic heterocycles. The molecular weight excluding hydrogens is 238 g/mol. The Kier molecular flexibility index (Phi) is 3.12. The summed E-state index contributed by atoms with van der Waals surface area (Å²) in [5.41, 5.74) is 6.48. The summed E-state index contributed by atoms with van der Waals surface area (Å²) in [6.07, 6.45) is 1.54. The highest BCUT2D eigenvalue weighted by atomic mass is 35.5. The van der Waals surface area contributed by atoms with Crippen LogP contribution in [0.2, 0.25) is 5.02 Å². The van der Waals surface area contributed by atoms with Gasteiger partial charge in [-0.2, -0.15) is 5.26 Å². The number of nitriles is 1. The number of aromatic nitrogens is 1. The SMILES string of the molecule is N#Cc1cccnc1Oc1ccc(Cl)cc1N. The van der Waals surface area contributed by atoms with Gasteiger partial charge < -0.3 is 10.5 Å². The van der Waals surface area contributed by atoms with Gasteiger partial charge >= 0.3 is 0 Å². The standard InChI is InChI=1S/C12H8ClN3O/c13-9-3-4-11(10(15)6-9)17-12-8(7-14)2-1-5-16-12/h1-6H,15H2. The van der Waals surface area contributed by atoms with Crippen LogP contribution in [0, 0.1) is 11.3 Å². The first-order valence-corrected chi connectivity index (χ1v) is 5.16. The number of rotatable bonds is 2. The third-order valence-electron chi connectivity index (χ3n) is 2.07. The zero-order chi connectivity index (χ0) is 12.3. The van der Waals surface area contributed by atoms with Crippen LogP contribution in [0.5, 0.6) is 11.6 Å². The summed E-state index contributed by atoms with van der Waals surface area (Å²) in [4.78, 5) is 3.98. The van der Waals surface area contributed by atoms with E-state index < -0.39 is 0 Å². The molecule has 4 nitrogen and oxygen atoms in total. The Hall–Kier alpha value is -2.25. The molecule has 0 amide bonds. The van der Waals surface area contributed by atoms with Crippen LogP contribution in [0.1, 0.15) is 5.56 Å². The molecule has 0 spiro atoms. The number of nitrogens with zero attached hydrogens (tertiary/aromatic N) is 2. The number of hydrogen-bond donors (Lipinski definition) is 1. The number of benzene rings is 1. The van der Waals surface area contributed by atoms with Crippen molar-refractivity contribution in [2.24, 2.45) is 0 Å². The van der Waals surface area contributed by atoms with Gasteiger partial charge in [0, 0.05) is 11.2 Å². The lowest BCUT2D eigenvalue weighted by atomic mass is 10.3. The summed E-state index contributed by atoms with van der Waals surface area (Å²) in [7, 11) is 0. The van der Waals surface area contributed by atoms with E-state index in [1.807, 2.05) is 6.07 Å². The minimum absolute atomic E-state index is 0.226. The lowest BCUT2D eigenvalue weighted by molar-refractivity contribution is 0.463. The van der Waals surface area contributed by atoms with Crippen LogP contribution in [0.15, 0.2) is 36.5 Å².